The van der Waals surface area contributed by atoms with E-state index in [2.05, 4.69) is 43.1 Å². The third-order valence-corrected chi connectivity index (χ3v) is 3.42. The second-order valence-corrected chi connectivity index (χ2v) is 4.82. The van der Waals surface area contributed by atoms with E-state index >= 15 is 0 Å². The number of hydrogen-bond acceptors (Lipinski definition) is 1. The van der Waals surface area contributed by atoms with Gasteiger partial charge in [-0.3, -0.25) is 0 Å². The molecular formula is C17H20N2. The van der Waals surface area contributed by atoms with Crippen molar-refractivity contribution in [3.8, 4) is 0 Å². The lowest BCUT2D eigenvalue weighted by Gasteiger charge is -2.07. The lowest BCUT2D eigenvalue weighted by atomic mass is 10.0. The van der Waals surface area contributed by atoms with Crippen LogP contribution < -0.4 is 16.2 Å². The first-order valence-corrected chi connectivity index (χ1v) is 6.55. The molecule has 19 heavy (non-hydrogen) atoms. The van der Waals surface area contributed by atoms with Crippen LogP contribution in [-0.4, -0.2) is 6.34 Å². The van der Waals surface area contributed by atoms with Crippen molar-refractivity contribution in [3.05, 3.63) is 58.0 Å². The molecule has 1 aliphatic carbocycles. The molecule has 0 aliphatic heterocycles. The third-order valence-electron chi connectivity index (χ3n) is 3.42. The summed E-state index contributed by atoms with van der Waals surface area (Å²) in [5.41, 5.74) is 10.4. The number of allylic oxidation sites excluding steroid dienone is 2. The Bertz CT molecular complexity index is 688. The van der Waals surface area contributed by atoms with Gasteiger partial charge in [0.1, 0.15) is 0 Å². The average Bonchev–Trinajstić information content (AvgIpc) is 2.50. The van der Waals surface area contributed by atoms with Gasteiger partial charge in [-0.05, 0) is 38.0 Å². The Hall–Kier alpha value is -2.09. The van der Waals surface area contributed by atoms with E-state index in [4.69, 9.17) is 5.73 Å². The summed E-state index contributed by atoms with van der Waals surface area (Å²) in [7, 11) is 0. The fraction of sp³-hybridized carbons (Fsp3) is 0.235. The summed E-state index contributed by atoms with van der Waals surface area (Å²) in [5, 5.41) is 2.42. The molecule has 2 N–H and O–H groups in total. The molecule has 0 unspecified atom stereocenters. The van der Waals surface area contributed by atoms with Crippen LogP contribution in [0.5, 0.6) is 0 Å². The molecule has 0 aromatic heterocycles. The molecule has 0 atom stereocenters. The SMILES string of the molecule is C/C=C\C1=C(C)CC(C)=c2ccccc2=C1N=CN. The number of fused-ring (bicyclic) bond motifs is 1. The zero-order valence-electron chi connectivity index (χ0n) is 11.8. The van der Waals surface area contributed by atoms with E-state index in [0.717, 1.165) is 17.3 Å². The van der Waals surface area contributed by atoms with Gasteiger partial charge in [-0.2, -0.15) is 0 Å². The smallest absolute Gasteiger partial charge is 0.0860 e. The van der Waals surface area contributed by atoms with Gasteiger partial charge in [0.2, 0.25) is 0 Å². The molecule has 0 saturated heterocycles. The van der Waals surface area contributed by atoms with E-state index in [0.29, 0.717) is 0 Å². The fourth-order valence-electron chi connectivity index (χ4n) is 2.60. The summed E-state index contributed by atoms with van der Waals surface area (Å²) in [4.78, 5) is 4.42. The van der Waals surface area contributed by atoms with Gasteiger partial charge in [-0.1, -0.05) is 47.6 Å². The minimum atomic E-state index is 0.963. The van der Waals surface area contributed by atoms with Crippen molar-refractivity contribution in [2.75, 3.05) is 0 Å². The highest BCUT2D eigenvalue weighted by Gasteiger charge is 2.11. The van der Waals surface area contributed by atoms with Crippen molar-refractivity contribution in [2.45, 2.75) is 27.2 Å². The Balaban J connectivity index is 2.95. The Kier molecular flexibility index (Phi) is 4.00. The van der Waals surface area contributed by atoms with E-state index in [1.165, 1.54) is 28.3 Å². The van der Waals surface area contributed by atoms with Gasteiger partial charge in [0.15, 0.2) is 0 Å². The molecule has 0 heterocycles. The van der Waals surface area contributed by atoms with Crippen LogP contribution >= 0.6 is 0 Å². The Morgan fingerprint density at radius 3 is 2.42 bits per heavy atom. The second-order valence-electron chi connectivity index (χ2n) is 4.82. The van der Waals surface area contributed by atoms with Crippen LogP contribution in [0.3, 0.4) is 0 Å². The molecular weight excluding hydrogens is 232 g/mol. The predicted octanol–water partition coefficient (Wildman–Crippen LogP) is 2.25. The summed E-state index contributed by atoms with van der Waals surface area (Å²) >= 11 is 0. The topological polar surface area (TPSA) is 38.4 Å². The molecule has 0 saturated carbocycles. The van der Waals surface area contributed by atoms with Crippen molar-refractivity contribution in [1.82, 2.24) is 0 Å². The molecule has 98 valence electrons. The van der Waals surface area contributed by atoms with E-state index < -0.39 is 0 Å². The Labute approximate surface area is 114 Å². The largest absolute Gasteiger partial charge is 0.390 e. The molecule has 2 rings (SSSR count). The lowest BCUT2D eigenvalue weighted by Crippen LogP contribution is -2.27. The molecule has 2 nitrogen and oxygen atoms in total. The van der Waals surface area contributed by atoms with Gasteiger partial charge in [-0.15, -0.1) is 0 Å². The van der Waals surface area contributed by atoms with E-state index in [1.807, 2.05) is 19.1 Å². The van der Waals surface area contributed by atoms with Gasteiger partial charge in [0, 0.05) is 5.22 Å². The molecule has 1 aromatic rings. The highest BCUT2D eigenvalue weighted by atomic mass is 14.8. The third kappa shape index (κ3) is 2.53. The first kappa shape index (κ1) is 13.3. The van der Waals surface area contributed by atoms with Crippen molar-refractivity contribution in [3.63, 3.8) is 0 Å². The van der Waals surface area contributed by atoms with E-state index in [-0.39, 0.29) is 0 Å². The van der Waals surface area contributed by atoms with Crippen LogP contribution in [0.4, 0.5) is 0 Å². The molecule has 1 aliphatic rings. The number of nitrogens with zero attached hydrogens (tertiary/aromatic N) is 1. The van der Waals surface area contributed by atoms with Crippen LogP contribution in [0.25, 0.3) is 11.3 Å². The number of rotatable bonds is 2. The Morgan fingerprint density at radius 1 is 1.11 bits per heavy atom. The van der Waals surface area contributed by atoms with E-state index in [9.17, 15) is 0 Å². The summed E-state index contributed by atoms with van der Waals surface area (Å²) in [6, 6.07) is 8.39. The number of benzene rings is 1. The lowest BCUT2D eigenvalue weighted by molar-refractivity contribution is 1.18. The van der Waals surface area contributed by atoms with Crippen molar-refractivity contribution >= 4 is 17.6 Å². The molecule has 0 radical (unpaired) electrons. The van der Waals surface area contributed by atoms with Crippen molar-refractivity contribution < 1.29 is 0 Å². The van der Waals surface area contributed by atoms with Gasteiger partial charge in [-0.25, -0.2) is 4.99 Å². The highest BCUT2D eigenvalue weighted by Crippen LogP contribution is 2.24. The Morgan fingerprint density at radius 2 is 1.79 bits per heavy atom. The van der Waals surface area contributed by atoms with Gasteiger partial charge in [0.05, 0.1) is 12.0 Å². The molecule has 0 fully saturated rings. The van der Waals surface area contributed by atoms with Gasteiger partial charge >= 0.3 is 0 Å². The van der Waals surface area contributed by atoms with Crippen molar-refractivity contribution in [1.29, 1.82) is 0 Å². The standard InChI is InChI=1S/C17H20N2/c1-4-7-15-13(3)10-12(2)14-8-5-6-9-16(14)17(15)19-11-18/h4-9,11H,10H2,1-3H3,(H2,18,19)/b7-4-. The molecule has 0 spiro atoms. The molecule has 1 aromatic carbocycles. The monoisotopic (exact) mass is 252 g/mol. The summed E-state index contributed by atoms with van der Waals surface area (Å²) in [6.45, 7) is 6.37. The normalized spacial score (nSPS) is 16.4. The molecule has 0 bridgehead atoms. The van der Waals surface area contributed by atoms with Crippen LogP contribution in [0.1, 0.15) is 27.2 Å². The summed E-state index contributed by atoms with van der Waals surface area (Å²) < 4.78 is 0. The van der Waals surface area contributed by atoms with Crippen molar-refractivity contribution in [2.24, 2.45) is 10.7 Å². The second kappa shape index (κ2) is 5.70. The first-order chi connectivity index (χ1) is 9.19. The first-order valence-electron chi connectivity index (χ1n) is 6.55. The average molecular weight is 252 g/mol. The van der Waals surface area contributed by atoms with Crippen LogP contribution in [0.2, 0.25) is 0 Å². The van der Waals surface area contributed by atoms with Gasteiger partial charge in [0.25, 0.3) is 0 Å². The maximum atomic E-state index is 5.54. The number of aliphatic imine (C=N–C) groups is 1. The zero-order chi connectivity index (χ0) is 13.8. The maximum Gasteiger partial charge on any atom is 0.0860 e. The predicted molar refractivity (Wildman–Crippen MR) is 83.0 cm³/mol. The minimum Gasteiger partial charge on any atom is -0.390 e. The van der Waals surface area contributed by atoms with Crippen LogP contribution in [0, 0.1) is 0 Å². The molecule has 0 amide bonds. The molecule has 2 heteroatoms. The quantitative estimate of drug-likeness (QED) is 0.636. The number of nitrogens with two attached hydrogens (primary N) is 1. The van der Waals surface area contributed by atoms with Gasteiger partial charge < -0.3 is 5.73 Å². The van der Waals surface area contributed by atoms with E-state index in [1.54, 1.807) is 0 Å². The minimum absolute atomic E-state index is 0.963. The van der Waals surface area contributed by atoms with Crippen LogP contribution in [0.15, 0.2) is 52.6 Å². The summed E-state index contributed by atoms with van der Waals surface area (Å²) in [5.74, 6) is 0. The fourth-order valence-corrected chi connectivity index (χ4v) is 2.60. The highest BCUT2D eigenvalue weighted by molar-refractivity contribution is 5.77. The van der Waals surface area contributed by atoms with Crippen LogP contribution in [-0.2, 0) is 0 Å². The maximum absolute atomic E-state index is 5.54. The zero-order valence-corrected chi connectivity index (χ0v) is 11.8. The summed E-state index contributed by atoms with van der Waals surface area (Å²) in [6.07, 6.45) is 6.52. The number of hydrogen-bond donors (Lipinski definition) is 1.